The summed E-state index contributed by atoms with van der Waals surface area (Å²) in [5.41, 5.74) is 0.694. The van der Waals surface area contributed by atoms with E-state index in [9.17, 15) is 0 Å². The Balaban J connectivity index is 1.71. The van der Waals surface area contributed by atoms with Gasteiger partial charge < -0.3 is 9.47 Å². The minimum atomic E-state index is 0.455. The fourth-order valence-electron chi connectivity index (χ4n) is 4.84. The molecule has 0 radical (unpaired) electrons. The maximum absolute atomic E-state index is 5.73. The molecule has 3 aliphatic carbocycles. The van der Waals surface area contributed by atoms with Crippen molar-refractivity contribution in [3.63, 3.8) is 0 Å². The van der Waals surface area contributed by atoms with E-state index in [0.717, 1.165) is 11.8 Å². The first-order valence-electron chi connectivity index (χ1n) is 6.11. The minimum absolute atomic E-state index is 0.455. The molecule has 5 atom stereocenters. The zero-order chi connectivity index (χ0) is 9.17. The molecule has 3 saturated carbocycles. The fraction of sp³-hybridized carbons (Fsp3) is 1.00. The molecule has 0 aromatic rings. The lowest BCUT2D eigenvalue weighted by Gasteiger charge is -2.37. The van der Waals surface area contributed by atoms with Crippen LogP contribution in [0, 0.1) is 17.3 Å². The lowest BCUT2D eigenvalue weighted by atomic mass is 9.71. The smallest absolute Gasteiger partial charge is 0.147 e. The third-order valence-corrected chi connectivity index (χ3v) is 5.33. The van der Waals surface area contributed by atoms with E-state index >= 15 is 0 Å². The first kappa shape index (κ1) is 8.12. The third kappa shape index (κ3) is 0.849. The number of fused-ring (bicyclic) bond motifs is 3. The second kappa shape index (κ2) is 2.53. The third-order valence-electron chi connectivity index (χ3n) is 5.33. The van der Waals surface area contributed by atoms with Crippen molar-refractivity contribution < 1.29 is 9.47 Å². The Bertz CT molecular complexity index is 265. The molecule has 4 aliphatic rings. The number of rotatable bonds is 0. The van der Waals surface area contributed by atoms with Crippen LogP contribution in [0.4, 0.5) is 0 Å². The molecule has 1 heterocycles. The predicted molar refractivity (Wildman–Crippen MR) is 51.7 cm³/mol. The van der Waals surface area contributed by atoms with E-state index < -0.39 is 0 Å². The van der Waals surface area contributed by atoms with Crippen LogP contribution in [0.15, 0.2) is 0 Å². The maximum atomic E-state index is 5.73. The van der Waals surface area contributed by atoms with Gasteiger partial charge in [0.2, 0.25) is 0 Å². The van der Waals surface area contributed by atoms with Gasteiger partial charge in [-0.3, -0.25) is 0 Å². The molecule has 4 rings (SSSR count). The predicted octanol–water partition coefficient (Wildman–Crippen LogP) is 2.33. The second-order valence-corrected chi connectivity index (χ2v) is 5.81. The largest absolute Gasteiger partial charge is 0.349 e. The van der Waals surface area contributed by atoms with E-state index in [4.69, 9.17) is 9.47 Å². The van der Waals surface area contributed by atoms with E-state index in [-0.39, 0.29) is 0 Å². The van der Waals surface area contributed by atoms with E-state index in [1.807, 2.05) is 0 Å². The molecule has 2 heteroatoms. The van der Waals surface area contributed by atoms with Crippen LogP contribution in [-0.4, -0.2) is 19.0 Å². The van der Waals surface area contributed by atoms with Crippen LogP contribution in [0.2, 0.25) is 0 Å². The highest BCUT2D eigenvalue weighted by atomic mass is 16.7. The number of ether oxygens (including phenoxy) is 2. The Morgan fingerprint density at radius 3 is 3.14 bits per heavy atom. The van der Waals surface area contributed by atoms with E-state index in [1.165, 1.54) is 38.5 Å². The molecule has 0 aromatic carbocycles. The van der Waals surface area contributed by atoms with Crippen LogP contribution in [0.3, 0.4) is 0 Å². The molecule has 2 bridgehead atoms. The van der Waals surface area contributed by atoms with Crippen LogP contribution < -0.4 is 0 Å². The van der Waals surface area contributed by atoms with E-state index in [1.54, 1.807) is 0 Å². The zero-order valence-corrected chi connectivity index (χ0v) is 8.58. The fourth-order valence-corrected chi connectivity index (χ4v) is 4.84. The molecule has 1 saturated heterocycles. The highest BCUT2D eigenvalue weighted by molar-refractivity contribution is 5.08. The van der Waals surface area contributed by atoms with Gasteiger partial charge in [-0.1, -0.05) is 6.42 Å². The van der Waals surface area contributed by atoms with Gasteiger partial charge in [-0.05, 0) is 49.4 Å². The molecule has 1 spiro atoms. The van der Waals surface area contributed by atoms with Crippen LogP contribution in [-0.2, 0) is 9.47 Å². The van der Waals surface area contributed by atoms with Gasteiger partial charge in [0.05, 0.1) is 12.2 Å². The second-order valence-electron chi connectivity index (χ2n) is 5.81. The van der Waals surface area contributed by atoms with Crippen molar-refractivity contribution >= 4 is 0 Å². The van der Waals surface area contributed by atoms with Crippen molar-refractivity contribution in [3.05, 3.63) is 0 Å². The summed E-state index contributed by atoms with van der Waals surface area (Å²) in [7, 11) is 0. The monoisotopic (exact) mass is 194 g/mol. The van der Waals surface area contributed by atoms with Crippen molar-refractivity contribution in [2.45, 2.75) is 50.7 Å². The van der Waals surface area contributed by atoms with Gasteiger partial charge in [0, 0.05) is 0 Å². The van der Waals surface area contributed by atoms with Crippen LogP contribution >= 0.6 is 0 Å². The Kier molecular flexibility index (Phi) is 1.47. The summed E-state index contributed by atoms with van der Waals surface area (Å²) >= 11 is 0. The molecule has 0 aromatic heterocycles. The normalized spacial score (nSPS) is 60.0. The van der Waals surface area contributed by atoms with Gasteiger partial charge in [0.15, 0.2) is 0 Å². The summed E-state index contributed by atoms with van der Waals surface area (Å²) < 4.78 is 11.4. The van der Waals surface area contributed by atoms with Crippen molar-refractivity contribution in [3.8, 4) is 0 Å². The van der Waals surface area contributed by atoms with Crippen LogP contribution in [0.1, 0.15) is 38.5 Å². The quantitative estimate of drug-likeness (QED) is 0.589. The van der Waals surface area contributed by atoms with Crippen LogP contribution in [0.25, 0.3) is 0 Å². The Morgan fingerprint density at radius 2 is 2.14 bits per heavy atom. The SMILES string of the molecule is C1CC2CC3CC2(C1)CC1OCOC31. The zero-order valence-electron chi connectivity index (χ0n) is 8.58. The highest BCUT2D eigenvalue weighted by Gasteiger charge is 2.59. The summed E-state index contributed by atoms with van der Waals surface area (Å²) in [5, 5.41) is 0. The average molecular weight is 194 g/mol. The first-order chi connectivity index (χ1) is 6.87. The number of hydrogen-bond donors (Lipinski definition) is 0. The van der Waals surface area contributed by atoms with E-state index in [2.05, 4.69) is 0 Å². The maximum Gasteiger partial charge on any atom is 0.147 e. The summed E-state index contributed by atoms with van der Waals surface area (Å²) in [4.78, 5) is 0. The molecule has 0 amide bonds. The molecule has 78 valence electrons. The van der Waals surface area contributed by atoms with Gasteiger partial charge in [0.1, 0.15) is 6.79 Å². The van der Waals surface area contributed by atoms with Crippen molar-refractivity contribution in [1.29, 1.82) is 0 Å². The van der Waals surface area contributed by atoms with Gasteiger partial charge in [-0.15, -0.1) is 0 Å². The first-order valence-corrected chi connectivity index (χ1v) is 6.11. The standard InChI is InChI=1S/C12H18O2/c1-2-9-4-8-5-12(9,3-1)6-10-11(8)14-7-13-10/h8-11H,1-7H2. The lowest BCUT2D eigenvalue weighted by Crippen LogP contribution is -2.39. The van der Waals surface area contributed by atoms with Gasteiger partial charge >= 0.3 is 0 Å². The molecule has 2 nitrogen and oxygen atoms in total. The molecule has 5 unspecified atom stereocenters. The summed E-state index contributed by atoms with van der Waals surface area (Å²) in [6.07, 6.45) is 9.53. The number of hydrogen-bond acceptors (Lipinski definition) is 2. The van der Waals surface area contributed by atoms with E-state index in [0.29, 0.717) is 24.4 Å². The molecule has 1 aliphatic heterocycles. The summed E-state index contributed by atoms with van der Waals surface area (Å²) in [6.45, 7) is 0.562. The lowest BCUT2D eigenvalue weighted by molar-refractivity contribution is 0.0213. The summed E-state index contributed by atoms with van der Waals surface area (Å²) in [6, 6.07) is 0. The van der Waals surface area contributed by atoms with Gasteiger partial charge in [-0.2, -0.15) is 0 Å². The highest BCUT2D eigenvalue weighted by Crippen LogP contribution is 2.63. The Labute approximate surface area is 85.0 Å². The topological polar surface area (TPSA) is 18.5 Å². The molecular formula is C12H18O2. The molecule has 4 fully saturated rings. The van der Waals surface area contributed by atoms with Crippen molar-refractivity contribution in [2.75, 3.05) is 6.79 Å². The molecule has 14 heavy (non-hydrogen) atoms. The van der Waals surface area contributed by atoms with Gasteiger partial charge in [-0.25, -0.2) is 0 Å². The van der Waals surface area contributed by atoms with Crippen LogP contribution in [0.5, 0.6) is 0 Å². The van der Waals surface area contributed by atoms with Gasteiger partial charge in [0.25, 0.3) is 0 Å². The summed E-state index contributed by atoms with van der Waals surface area (Å²) in [5.74, 6) is 1.85. The van der Waals surface area contributed by atoms with Crippen molar-refractivity contribution in [1.82, 2.24) is 0 Å². The minimum Gasteiger partial charge on any atom is -0.349 e. The Morgan fingerprint density at radius 1 is 1.14 bits per heavy atom. The Hall–Kier alpha value is -0.0800. The molecule has 0 N–H and O–H groups in total. The van der Waals surface area contributed by atoms with Crippen molar-refractivity contribution in [2.24, 2.45) is 17.3 Å². The average Bonchev–Trinajstić information content (AvgIpc) is 2.78. The molecular weight excluding hydrogens is 176 g/mol.